The summed E-state index contributed by atoms with van der Waals surface area (Å²) >= 11 is 0. The molecule has 4 atom stereocenters. The van der Waals surface area contributed by atoms with Crippen LogP contribution in [0.3, 0.4) is 0 Å². The summed E-state index contributed by atoms with van der Waals surface area (Å²) in [5.41, 5.74) is 2.05. The summed E-state index contributed by atoms with van der Waals surface area (Å²) in [6, 6.07) is 8.04. The number of rotatable bonds is 5. The number of fused-ring (bicyclic) bond motifs is 1. The molecule has 5 rings (SSSR count). The minimum atomic E-state index is -0.201. The molecule has 1 aromatic carbocycles. The summed E-state index contributed by atoms with van der Waals surface area (Å²) in [6.45, 7) is 6.18. The van der Waals surface area contributed by atoms with E-state index in [1.165, 1.54) is 0 Å². The molecule has 1 heterocycles. The molecule has 4 unspecified atom stereocenters. The average molecular weight is 351 g/mol. The molecule has 136 valence electrons. The molecule has 1 saturated heterocycles. The fourth-order valence-electron chi connectivity index (χ4n) is 4.66. The van der Waals surface area contributed by atoms with Crippen LogP contribution in [0.2, 0.25) is 0 Å². The number of carbonyl (C=O) groups is 2. The molecule has 0 aromatic heterocycles. The van der Waals surface area contributed by atoms with Crippen LogP contribution < -0.4 is 4.90 Å². The van der Waals surface area contributed by atoms with Gasteiger partial charge in [0, 0.05) is 18.8 Å². The summed E-state index contributed by atoms with van der Waals surface area (Å²) < 4.78 is 0. The van der Waals surface area contributed by atoms with Crippen LogP contribution in [0.1, 0.15) is 32.3 Å². The second-order valence-electron chi connectivity index (χ2n) is 7.34. The predicted molar refractivity (Wildman–Crippen MR) is 102 cm³/mol. The molecule has 0 N–H and O–H groups in total. The molecule has 1 aromatic rings. The number of imide groups is 1. The highest BCUT2D eigenvalue weighted by atomic mass is 16.2. The molecule has 2 bridgehead atoms. The molecular formula is C21H25N3O2. The normalized spacial score (nSPS) is 29.7. The van der Waals surface area contributed by atoms with Crippen LogP contribution in [0.25, 0.3) is 0 Å². The van der Waals surface area contributed by atoms with E-state index in [9.17, 15) is 9.59 Å². The number of allylic oxidation sites excluding steroid dienone is 2. The Bertz CT molecular complexity index is 732. The maximum atomic E-state index is 12.7. The van der Waals surface area contributed by atoms with Gasteiger partial charge in [-0.2, -0.15) is 10.1 Å². The molecule has 2 fully saturated rings. The Morgan fingerprint density at radius 1 is 1.00 bits per heavy atom. The number of amides is 2. The van der Waals surface area contributed by atoms with Gasteiger partial charge in [0.1, 0.15) is 0 Å². The quantitative estimate of drug-likeness (QED) is 0.465. The van der Waals surface area contributed by atoms with Crippen molar-refractivity contribution in [2.75, 3.05) is 18.0 Å². The molecule has 0 spiro atoms. The van der Waals surface area contributed by atoms with Gasteiger partial charge >= 0.3 is 0 Å². The van der Waals surface area contributed by atoms with E-state index in [2.05, 4.69) is 36.0 Å². The lowest BCUT2D eigenvalue weighted by Gasteiger charge is -2.37. The SMILES string of the molecule is CCN(CC)c1ccc(C=NN2C(=O)C3C4C=CC(CC4)C3C2=O)cc1. The lowest BCUT2D eigenvalue weighted by Crippen LogP contribution is -2.38. The number of benzene rings is 1. The zero-order valence-corrected chi connectivity index (χ0v) is 15.3. The number of hydrogen-bond acceptors (Lipinski definition) is 4. The minimum Gasteiger partial charge on any atom is -0.372 e. The zero-order chi connectivity index (χ0) is 18.3. The summed E-state index contributed by atoms with van der Waals surface area (Å²) in [4.78, 5) is 27.7. The summed E-state index contributed by atoms with van der Waals surface area (Å²) in [7, 11) is 0. The third-order valence-corrected chi connectivity index (χ3v) is 6.08. The van der Waals surface area contributed by atoms with Crippen molar-refractivity contribution in [3.8, 4) is 0 Å². The van der Waals surface area contributed by atoms with Crippen LogP contribution in [-0.2, 0) is 9.59 Å². The van der Waals surface area contributed by atoms with Crippen molar-refractivity contribution in [1.29, 1.82) is 0 Å². The zero-order valence-electron chi connectivity index (χ0n) is 15.3. The molecule has 5 heteroatoms. The van der Waals surface area contributed by atoms with Crippen LogP contribution in [0.4, 0.5) is 5.69 Å². The van der Waals surface area contributed by atoms with Gasteiger partial charge in [0.05, 0.1) is 18.1 Å². The van der Waals surface area contributed by atoms with Crippen molar-refractivity contribution in [2.24, 2.45) is 28.8 Å². The van der Waals surface area contributed by atoms with E-state index in [-0.39, 0.29) is 35.5 Å². The molecule has 0 radical (unpaired) electrons. The van der Waals surface area contributed by atoms with Gasteiger partial charge in [-0.25, -0.2) is 0 Å². The van der Waals surface area contributed by atoms with E-state index in [1.807, 2.05) is 24.3 Å². The van der Waals surface area contributed by atoms with Crippen LogP contribution in [0.15, 0.2) is 41.5 Å². The van der Waals surface area contributed by atoms with E-state index in [0.29, 0.717) is 0 Å². The van der Waals surface area contributed by atoms with Crippen molar-refractivity contribution in [1.82, 2.24) is 5.01 Å². The van der Waals surface area contributed by atoms with Gasteiger partial charge in [-0.3, -0.25) is 9.59 Å². The highest BCUT2D eigenvalue weighted by molar-refractivity contribution is 6.06. The van der Waals surface area contributed by atoms with Crippen molar-refractivity contribution in [2.45, 2.75) is 26.7 Å². The van der Waals surface area contributed by atoms with E-state index in [0.717, 1.165) is 42.2 Å². The Balaban J connectivity index is 1.51. The van der Waals surface area contributed by atoms with Gasteiger partial charge in [-0.05, 0) is 56.2 Å². The summed E-state index contributed by atoms with van der Waals surface area (Å²) in [5, 5.41) is 5.38. The Labute approximate surface area is 154 Å². The first-order valence-electron chi connectivity index (χ1n) is 9.59. The molecule has 1 saturated carbocycles. The lowest BCUT2D eigenvalue weighted by atomic mass is 9.63. The lowest BCUT2D eigenvalue weighted by molar-refractivity contribution is -0.140. The van der Waals surface area contributed by atoms with Crippen LogP contribution in [-0.4, -0.2) is 36.1 Å². The number of nitrogens with zero attached hydrogens (tertiary/aromatic N) is 3. The Morgan fingerprint density at radius 2 is 1.54 bits per heavy atom. The van der Waals surface area contributed by atoms with Gasteiger partial charge in [-0.1, -0.05) is 24.3 Å². The largest absolute Gasteiger partial charge is 0.372 e. The second-order valence-corrected chi connectivity index (χ2v) is 7.34. The van der Waals surface area contributed by atoms with Gasteiger partial charge in [0.15, 0.2) is 0 Å². The van der Waals surface area contributed by atoms with Crippen LogP contribution in [0.5, 0.6) is 0 Å². The Morgan fingerprint density at radius 3 is 2.00 bits per heavy atom. The topological polar surface area (TPSA) is 53.0 Å². The Kier molecular flexibility index (Phi) is 4.39. The molecule has 4 aliphatic rings. The minimum absolute atomic E-state index is 0.130. The first-order chi connectivity index (χ1) is 12.6. The second kappa shape index (κ2) is 6.71. The molecule has 1 aliphatic heterocycles. The van der Waals surface area contributed by atoms with Crippen LogP contribution in [0, 0.1) is 23.7 Å². The highest BCUT2D eigenvalue weighted by Crippen LogP contribution is 2.49. The van der Waals surface area contributed by atoms with Gasteiger partial charge in [0.25, 0.3) is 11.8 Å². The molecule has 3 aliphatic carbocycles. The first kappa shape index (κ1) is 17.0. The van der Waals surface area contributed by atoms with E-state index >= 15 is 0 Å². The smallest absolute Gasteiger partial charge is 0.254 e. The fraction of sp³-hybridized carbons (Fsp3) is 0.476. The highest BCUT2D eigenvalue weighted by Gasteiger charge is 2.56. The van der Waals surface area contributed by atoms with Gasteiger partial charge in [-0.15, -0.1) is 0 Å². The first-order valence-corrected chi connectivity index (χ1v) is 9.59. The maximum Gasteiger partial charge on any atom is 0.254 e. The third-order valence-electron chi connectivity index (χ3n) is 6.08. The molecule has 2 amide bonds. The van der Waals surface area contributed by atoms with E-state index in [4.69, 9.17) is 0 Å². The molecule has 26 heavy (non-hydrogen) atoms. The average Bonchev–Trinajstić information content (AvgIpc) is 2.96. The molecular weight excluding hydrogens is 326 g/mol. The number of hydrazone groups is 1. The van der Waals surface area contributed by atoms with Crippen molar-refractivity contribution < 1.29 is 9.59 Å². The van der Waals surface area contributed by atoms with Crippen molar-refractivity contribution in [3.05, 3.63) is 42.0 Å². The monoisotopic (exact) mass is 351 g/mol. The maximum absolute atomic E-state index is 12.7. The van der Waals surface area contributed by atoms with Gasteiger partial charge < -0.3 is 4.90 Å². The number of anilines is 1. The summed E-state index contributed by atoms with van der Waals surface area (Å²) in [5.74, 6) is -0.253. The summed E-state index contributed by atoms with van der Waals surface area (Å²) in [6.07, 6.45) is 7.88. The standard InChI is InChI=1S/C21H25N3O2/c1-3-23(4-2)17-11-5-14(6-12-17)13-22-24-20(25)18-15-7-8-16(10-9-15)19(18)21(24)26/h5-8,11-13,15-16,18-19H,3-4,9-10H2,1-2H3. The molecule has 5 nitrogen and oxygen atoms in total. The predicted octanol–water partition coefficient (Wildman–Crippen LogP) is 3.06. The van der Waals surface area contributed by atoms with E-state index in [1.54, 1.807) is 6.21 Å². The Hall–Kier alpha value is -2.43. The van der Waals surface area contributed by atoms with Crippen molar-refractivity contribution >= 4 is 23.7 Å². The third kappa shape index (κ3) is 2.66. The van der Waals surface area contributed by atoms with Crippen LogP contribution >= 0.6 is 0 Å². The van der Waals surface area contributed by atoms with E-state index < -0.39 is 0 Å². The van der Waals surface area contributed by atoms with Crippen molar-refractivity contribution in [3.63, 3.8) is 0 Å². The number of hydrogen-bond donors (Lipinski definition) is 0. The fourth-order valence-corrected chi connectivity index (χ4v) is 4.66. The van der Waals surface area contributed by atoms with Gasteiger partial charge in [0.2, 0.25) is 0 Å². The number of carbonyl (C=O) groups excluding carboxylic acids is 2.